The molecule has 10 nitrogen and oxygen atoms in total. The van der Waals surface area contributed by atoms with E-state index in [0.717, 1.165) is 40.9 Å². The summed E-state index contributed by atoms with van der Waals surface area (Å²) in [6.45, 7) is 9.36. The average Bonchev–Trinajstić information content (AvgIpc) is 3.35. The van der Waals surface area contributed by atoms with E-state index in [0.29, 0.717) is 37.5 Å². The molecule has 246 valence electrons. The van der Waals surface area contributed by atoms with Gasteiger partial charge in [-0.2, -0.15) is 0 Å². The van der Waals surface area contributed by atoms with Crippen LogP contribution in [0.25, 0.3) is 0 Å². The number of aliphatic hydroxyl groups is 2. The van der Waals surface area contributed by atoms with Crippen LogP contribution in [0.2, 0.25) is 5.02 Å². The van der Waals surface area contributed by atoms with Gasteiger partial charge in [-0.25, -0.2) is 4.98 Å². The number of rotatable bonds is 5. The SMILES string of the molecule is Cc1cn(CC2(O)CCCN(C(=O)C3CN([C@@H]4c5ccc(Cl)cc5CCc5cccnc54)CCN3C(=O)C(O)C(C)(C)C)C2)cn1. The van der Waals surface area contributed by atoms with Gasteiger partial charge in [0.1, 0.15) is 17.7 Å². The second kappa shape index (κ2) is 12.7. The van der Waals surface area contributed by atoms with E-state index in [2.05, 4.69) is 22.0 Å². The van der Waals surface area contributed by atoms with E-state index in [-0.39, 0.29) is 31.6 Å². The Morgan fingerprint density at radius 1 is 1.11 bits per heavy atom. The molecule has 46 heavy (non-hydrogen) atoms. The number of halogens is 1. The highest BCUT2D eigenvalue weighted by Gasteiger charge is 2.46. The van der Waals surface area contributed by atoms with Crippen molar-refractivity contribution in [3.05, 3.63) is 82.2 Å². The topological polar surface area (TPSA) is 115 Å². The molecule has 3 aliphatic rings. The summed E-state index contributed by atoms with van der Waals surface area (Å²) in [5, 5.41) is 23.4. The van der Waals surface area contributed by atoms with Gasteiger partial charge in [0.15, 0.2) is 0 Å². The highest BCUT2D eigenvalue weighted by Crippen LogP contribution is 2.38. The number of carbonyl (C=O) groups excluding carboxylic acids is 2. The largest absolute Gasteiger partial charge is 0.386 e. The number of hydrogen-bond acceptors (Lipinski definition) is 7. The van der Waals surface area contributed by atoms with Gasteiger partial charge in [0.2, 0.25) is 5.91 Å². The summed E-state index contributed by atoms with van der Waals surface area (Å²) in [6, 6.07) is 8.98. The molecule has 3 unspecified atom stereocenters. The molecule has 2 aromatic heterocycles. The van der Waals surface area contributed by atoms with Gasteiger partial charge in [-0.05, 0) is 72.9 Å². The molecule has 1 aromatic carbocycles. The Morgan fingerprint density at radius 3 is 2.63 bits per heavy atom. The fourth-order valence-electron chi connectivity index (χ4n) is 7.33. The monoisotopic (exact) mass is 648 g/mol. The lowest BCUT2D eigenvalue weighted by Crippen LogP contribution is -2.65. The molecule has 2 amide bonds. The van der Waals surface area contributed by atoms with Gasteiger partial charge in [0, 0.05) is 43.6 Å². The standard InChI is InChI=1S/C35H45ClN6O4/c1-23-18-39(22-38-23)20-35(46)12-6-14-41(21-35)32(44)28-19-40(15-16-42(28)33(45)31(43)34(2,3)4)30-27-11-10-26(36)17-25(27)9-8-24-7-5-13-37-29(24)30/h5,7,10-11,13,17-18,22,28,30-31,43,46H,6,8-9,12,14-16,19-21H2,1-4H3/t28?,30-,31?,35?/m1/s1. The summed E-state index contributed by atoms with van der Waals surface area (Å²) < 4.78 is 1.86. The molecule has 3 aromatic rings. The van der Waals surface area contributed by atoms with Crippen molar-refractivity contribution in [1.29, 1.82) is 0 Å². The number of fused-ring (bicyclic) bond motifs is 2. The third kappa shape index (κ3) is 6.58. The smallest absolute Gasteiger partial charge is 0.252 e. The van der Waals surface area contributed by atoms with Gasteiger partial charge in [0.25, 0.3) is 5.91 Å². The predicted molar refractivity (Wildman–Crippen MR) is 175 cm³/mol. The van der Waals surface area contributed by atoms with Crippen molar-refractivity contribution in [1.82, 2.24) is 29.2 Å². The third-order valence-electron chi connectivity index (χ3n) is 9.75. The number of amides is 2. The average molecular weight is 649 g/mol. The number of imidazole rings is 1. The van der Waals surface area contributed by atoms with Gasteiger partial charge in [-0.15, -0.1) is 0 Å². The molecule has 2 fully saturated rings. The highest BCUT2D eigenvalue weighted by atomic mass is 35.5. The first kappa shape index (κ1) is 32.6. The van der Waals surface area contributed by atoms with Crippen LogP contribution in [0.4, 0.5) is 0 Å². The predicted octanol–water partition coefficient (Wildman–Crippen LogP) is 3.40. The lowest BCUT2D eigenvalue weighted by atomic mass is 9.87. The van der Waals surface area contributed by atoms with Crippen LogP contribution < -0.4 is 0 Å². The summed E-state index contributed by atoms with van der Waals surface area (Å²) in [6.07, 6.45) is 6.98. The molecule has 0 spiro atoms. The summed E-state index contributed by atoms with van der Waals surface area (Å²) in [7, 11) is 0. The fraction of sp³-hybridized carbons (Fsp3) is 0.543. The van der Waals surface area contributed by atoms with Gasteiger partial charge < -0.3 is 24.6 Å². The van der Waals surface area contributed by atoms with Crippen molar-refractivity contribution in [3.8, 4) is 0 Å². The zero-order chi connectivity index (χ0) is 32.8. The molecule has 2 saturated heterocycles. The van der Waals surface area contributed by atoms with E-state index < -0.39 is 29.1 Å². The number of aryl methyl sites for hydroxylation is 3. The molecule has 0 saturated carbocycles. The number of pyridine rings is 1. The molecule has 6 rings (SSSR count). The van der Waals surface area contributed by atoms with Crippen molar-refractivity contribution in [2.24, 2.45) is 5.41 Å². The fourth-order valence-corrected chi connectivity index (χ4v) is 7.53. The molecular formula is C35H45ClN6O4. The van der Waals surface area contributed by atoms with Crippen LogP contribution >= 0.6 is 11.6 Å². The van der Waals surface area contributed by atoms with E-state index in [1.54, 1.807) is 16.1 Å². The summed E-state index contributed by atoms with van der Waals surface area (Å²) in [5.41, 5.74) is 3.39. The Hall–Kier alpha value is -3.31. The van der Waals surface area contributed by atoms with Crippen LogP contribution in [0, 0.1) is 12.3 Å². The van der Waals surface area contributed by atoms with E-state index in [4.69, 9.17) is 16.6 Å². The van der Waals surface area contributed by atoms with E-state index in [9.17, 15) is 19.8 Å². The van der Waals surface area contributed by atoms with Crippen molar-refractivity contribution < 1.29 is 19.8 Å². The second-order valence-electron chi connectivity index (χ2n) is 14.4. The number of piperazine rings is 1. The molecule has 1 aliphatic carbocycles. The Labute approximate surface area is 276 Å². The second-order valence-corrected chi connectivity index (χ2v) is 14.8. The number of carbonyl (C=O) groups is 2. The minimum Gasteiger partial charge on any atom is -0.386 e. The van der Waals surface area contributed by atoms with Crippen LogP contribution in [0.5, 0.6) is 0 Å². The molecule has 0 bridgehead atoms. The number of aromatic nitrogens is 3. The minimum absolute atomic E-state index is 0.151. The zero-order valence-electron chi connectivity index (χ0n) is 27.2. The first-order chi connectivity index (χ1) is 21.8. The number of β-amino-alcohol motifs (C(OH)–C–C–N with tert-alkyl or cyclic N) is 1. The van der Waals surface area contributed by atoms with Crippen LogP contribution in [-0.2, 0) is 29.0 Å². The Kier molecular flexibility index (Phi) is 9.02. The number of likely N-dealkylation sites (tertiary alicyclic amines) is 1. The van der Waals surface area contributed by atoms with Gasteiger partial charge in [0.05, 0.1) is 36.8 Å². The van der Waals surface area contributed by atoms with E-state index in [1.807, 2.05) is 62.9 Å². The van der Waals surface area contributed by atoms with Crippen LogP contribution in [0.3, 0.4) is 0 Å². The molecule has 2 aliphatic heterocycles. The maximum Gasteiger partial charge on any atom is 0.252 e. The molecule has 11 heteroatoms. The van der Waals surface area contributed by atoms with E-state index >= 15 is 0 Å². The number of nitrogens with zero attached hydrogens (tertiary/aromatic N) is 6. The minimum atomic E-state index is -1.26. The third-order valence-corrected chi connectivity index (χ3v) is 9.99. The number of piperidine rings is 1. The van der Waals surface area contributed by atoms with Crippen molar-refractivity contribution in [2.75, 3.05) is 32.7 Å². The molecule has 2 N–H and O–H groups in total. The van der Waals surface area contributed by atoms with Gasteiger partial charge in [-0.3, -0.25) is 19.5 Å². The molecule has 4 heterocycles. The van der Waals surface area contributed by atoms with Crippen molar-refractivity contribution in [2.45, 2.75) is 83.7 Å². The first-order valence-corrected chi connectivity index (χ1v) is 16.6. The maximum absolute atomic E-state index is 14.6. The maximum atomic E-state index is 14.6. The quantitative estimate of drug-likeness (QED) is 0.436. The van der Waals surface area contributed by atoms with Crippen molar-refractivity contribution >= 4 is 23.4 Å². The van der Waals surface area contributed by atoms with Gasteiger partial charge in [-0.1, -0.05) is 44.5 Å². The summed E-state index contributed by atoms with van der Waals surface area (Å²) in [4.78, 5) is 43.1. The van der Waals surface area contributed by atoms with Crippen LogP contribution in [0.15, 0.2) is 49.1 Å². The first-order valence-electron chi connectivity index (χ1n) is 16.3. The number of benzene rings is 1. The van der Waals surface area contributed by atoms with E-state index in [1.165, 1.54) is 0 Å². The molecule has 4 atom stereocenters. The number of aliphatic hydroxyl groups excluding tert-OH is 1. The summed E-state index contributed by atoms with van der Waals surface area (Å²) >= 11 is 6.45. The number of hydrogen-bond donors (Lipinski definition) is 2. The van der Waals surface area contributed by atoms with Crippen LogP contribution in [0.1, 0.15) is 67.7 Å². The Bertz CT molecular complexity index is 1600. The zero-order valence-corrected chi connectivity index (χ0v) is 28.0. The Balaban J connectivity index is 1.34. The molecular weight excluding hydrogens is 604 g/mol. The lowest BCUT2D eigenvalue weighted by molar-refractivity contribution is -0.161. The summed E-state index contributed by atoms with van der Waals surface area (Å²) in [5.74, 6) is -0.663. The van der Waals surface area contributed by atoms with Crippen LogP contribution in [-0.4, -0.2) is 102 Å². The Morgan fingerprint density at radius 2 is 1.89 bits per heavy atom. The normalized spacial score (nSPS) is 24.6. The lowest BCUT2D eigenvalue weighted by Gasteiger charge is -2.48. The van der Waals surface area contributed by atoms with Gasteiger partial charge >= 0.3 is 0 Å². The molecule has 0 radical (unpaired) electrons. The highest BCUT2D eigenvalue weighted by molar-refractivity contribution is 6.30. The van der Waals surface area contributed by atoms with Crippen molar-refractivity contribution in [3.63, 3.8) is 0 Å².